The highest BCUT2D eigenvalue weighted by molar-refractivity contribution is 5.72. The van der Waals surface area contributed by atoms with Gasteiger partial charge in [-0.25, -0.2) is 0 Å². The number of amides is 1. The van der Waals surface area contributed by atoms with E-state index in [1.54, 1.807) is 6.92 Å². The lowest BCUT2D eigenvalue weighted by molar-refractivity contribution is -0.118. The van der Waals surface area contributed by atoms with Gasteiger partial charge < -0.3 is 15.5 Å². The van der Waals surface area contributed by atoms with E-state index in [0.29, 0.717) is 6.04 Å². The third-order valence-corrected chi connectivity index (χ3v) is 2.81. The molecule has 1 aliphatic rings. The first kappa shape index (κ1) is 12.5. The van der Waals surface area contributed by atoms with Gasteiger partial charge in [0.25, 0.3) is 0 Å². The van der Waals surface area contributed by atoms with Crippen molar-refractivity contribution in [2.45, 2.75) is 32.2 Å². The Morgan fingerprint density at radius 1 is 1.53 bits per heavy atom. The van der Waals surface area contributed by atoms with Crippen molar-refractivity contribution in [3.05, 3.63) is 0 Å². The molecule has 1 fully saturated rings. The molecule has 0 aromatic heterocycles. The molecule has 0 radical (unpaired) electrons. The molecule has 4 nitrogen and oxygen atoms in total. The molecular weight excluding hydrogens is 190 g/mol. The molecule has 0 aliphatic carbocycles. The van der Waals surface area contributed by atoms with Crippen molar-refractivity contribution in [1.29, 1.82) is 0 Å². The second-order valence-electron chi connectivity index (χ2n) is 4.39. The summed E-state index contributed by atoms with van der Waals surface area (Å²) in [6.07, 6.45) is 3.48. The molecule has 1 amide bonds. The second-order valence-corrected chi connectivity index (χ2v) is 4.39. The fourth-order valence-electron chi connectivity index (χ4n) is 1.97. The molecule has 88 valence electrons. The van der Waals surface area contributed by atoms with Crippen LogP contribution < -0.4 is 10.6 Å². The van der Waals surface area contributed by atoms with Gasteiger partial charge in [-0.15, -0.1) is 0 Å². The quantitative estimate of drug-likeness (QED) is 0.641. The third kappa shape index (κ3) is 5.74. The molecule has 1 aliphatic heterocycles. The lowest BCUT2D eigenvalue weighted by Gasteiger charge is -2.30. The van der Waals surface area contributed by atoms with Gasteiger partial charge in [-0.1, -0.05) is 6.42 Å². The third-order valence-electron chi connectivity index (χ3n) is 2.81. The van der Waals surface area contributed by atoms with Crippen LogP contribution in [-0.4, -0.2) is 50.1 Å². The maximum atomic E-state index is 10.6. The molecule has 2 N–H and O–H groups in total. The van der Waals surface area contributed by atoms with Crippen LogP contribution in [0.15, 0.2) is 0 Å². The van der Waals surface area contributed by atoms with Crippen LogP contribution in [0.1, 0.15) is 26.2 Å². The largest absolute Gasteiger partial charge is 0.356 e. The van der Waals surface area contributed by atoms with Crippen LogP contribution in [-0.2, 0) is 4.79 Å². The topological polar surface area (TPSA) is 44.4 Å². The number of nitrogens with one attached hydrogen (secondary N) is 2. The van der Waals surface area contributed by atoms with Crippen LogP contribution in [0.4, 0.5) is 0 Å². The summed E-state index contributed by atoms with van der Waals surface area (Å²) < 4.78 is 0. The summed E-state index contributed by atoms with van der Waals surface area (Å²) in [5.74, 6) is 0.0746. The van der Waals surface area contributed by atoms with Crippen LogP contribution in [0.25, 0.3) is 0 Å². The average Bonchev–Trinajstić information content (AvgIpc) is 2.17. The minimum Gasteiger partial charge on any atom is -0.356 e. The van der Waals surface area contributed by atoms with Crippen molar-refractivity contribution in [2.75, 3.05) is 33.2 Å². The van der Waals surface area contributed by atoms with Crippen molar-refractivity contribution in [3.8, 4) is 0 Å². The second kappa shape index (κ2) is 6.80. The van der Waals surface area contributed by atoms with E-state index in [9.17, 15) is 4.79 Å². The van der Waals surface area contributed by atoms with E-state index in [2.05, 4.69) is 22.6 Å². The summed E-state index contributed by atoms with van der Waals surface area (Å²) in [4.78, 5) is 13.0. The molecular formula is C11H23N3O. The van der Waals surface area contributed by atoms with Crippen molar-refractivity contribution >= 4 is 5.91 Å². The van der Waals surface area contributed by atoms with Gasteiger partial charge >= 0.3 is 0 Å². The summed E-state index contributed by atoms with van der Waals surface area (Å²) in [6, 6.07) is 0.640. The maximum Gasteiger partial charge on any atom is 0.216 e. The fourth-order valence-corrected chi connectivity index (χ4v) is 1.97. The number of nitrogens with zero attached hydrogens (tertiary/aromatic N) is 1. The molecule has 4 heteroatoms. The number of rotatable bonds is 5. The average molecular weight is 213 g/mol. The lowest BCUT2D eigenvalue weighted by Crippen LogP contribution is -2.48. The van der Waals surface area contributed by atoms with E-state index in [1.165, 1.54) is 12.8 Å². The zero-order valence-corrected chi connectivity index (χ0v) is 9.88. The Morgan fingerprint density at radius 3 is 3.00 bits per heavy atom. The van der Waals surface area contributed by atoms with E-state index in [-0.39, 0.29) is 5.91 Å². The number of carbonyl (C=O) groups excluding carboxylic acids is 1. The van der Waals surface area contributed by atoms with Crippen LogP contribution in [0.2, 0.25) is 0 Å². The Morgan fingerprint density at radius 2 is 2.33 bits per heavy atom. The molecule has 1 atom stereocenters. The van der Waals surface area contributed by atoms with Gasteiger partial charge in [0.2, 0.25) is 5.91 Å². The Labute approximate surface area is 92.4 Å². The van der Waals surface area contributed by atoms with Gasteiger partial charge in [-0.05, 0) is 19.9 Å². The van der Waals surface area contributed by atoms with Crippen LogP contribution in [0.5, 0.6) is 0 Å². The van der Waals surface area contributed by atoms with Crippen LogP contribution >= 0.6 is 0 Å². The zero-order chi connectivity index (χ0) is 11.1. The smallest absolute Gasteiger partial charge is 0.216 e. The SMILES string of the molecule is CC(=O)NCCCC[C@H]1CN(C)CCN1. The molecule has 0 unspecified atom stereocenters. The van der Waals surface area contributed by atoms with Crippen molar-refractivity contribution in [1.82, 2.24) is 15.5 Å². The number of hydrogen-bond acceptors (Lipinski definition) is 3. The Balaban J connectivity index is 1.97. The number of carbonyl (C=O) groups is 1. The van der Waals surface area contributed by atoms with Gasteiger partial charge in [0.1, 0.15) is 0 Å². The van der Waals surface area contributed by atoms with Crippen molar-refractivity contribution < 1.29 is 4.79 Å². The summed E-state index contributed by atoms with van der Waals surface area (Å²) in [5, 5.41) is 6.34. The standard InChI is InChI=1S/C11H23N3O/c1-10(15)12-6-4-3-5-11-9-14(2)8-7-13-11/h11,13H,3-9H2,1-2H3,(H,12,15)/t11-/m0/s1. The maximum absolute atomic E-state index is 10.6. The predicted octanol–water partition coefficient (Wildman–Crippen LogP) is 0.196. The van der Waals surface area contributed by atoms with Crippen molar-refractivity contribution in [3.63, 3.8) is 0 Å². The molecule has 0 aromatic carbocycles. The molecule has 0 bridgehead atoms. The highest BCUT2D eigenvalue weighted by Gasteiger charge is 2.15. The molecule has 1 saturated heterocycles. The molecule has 1 rings (SSSR count). The summed E-state index contributed by atoms with van der Waals surface area (Å²) >= 11 is 0. The first-order chi connectivity index (χ1) is 7.18. The molecule has 0 spiro atoms. The number of piperazine rings is 1. The number of hydrogen-bond donors (Lipinski definition) is 2. The Kier molecular flexibility index (Phi) is 5.65. The fraction of sp³-hybridized carbons (Fsp3) is 0.909. The van der Waals surface area contributed by atoms with E-state index >= 15 is 0 Å². The molecule has 1 heterocycles. The van der Waals surface area contributed by atoms with E-state index in [4.69, 9.17) is 0 Å². The zero-order valence-electron chi connectivity index (χ0n) is 9.88. The minimum atomic E-state index is 0.0746. The highest BCUT2D eigenvalue weighted by Crippen LogP contribution is 2.05. The van der Waals surface area contributed by atoms with Crippen LogP contribution in [0.3, 0.4) is 0 Å². The van der Waals surface area contributed by atoms with Gasteiger partial charge in [-0.2, -0.15) is 0 Å². The lowest BCUT2D eigenvalue weighted by atomic mass is 10.1. The monoisotopic (exact) mass is 213 g/mol. The van der Waals surface area contributed by atoms with E-state index in [1.807, 2.05) is 0 Å². The molecule has 0 saturated carbocycles. The first-order valence-electron chi connectivity index (χ1n) is 5.85. The Hall–Kier alpha value is -0.610. The first-order valence-corrected chi connectivity index (χ1v) is 5.85. The molecule has 15 heavy (non-hydrogen) atoms. The highest BCUT2D eigenvalue weighted by atomic mass is 16.1. The minimum absolute atomic E-state index is 0.0746. The van der Waals surface area contributed by atoms with Gasteiger partial charge in [-0.3, -0.25) is 4.79 Å². The number of unbranched alkanes of at least 4 members (excludes halogenated alkanes) is 1. The summed E-state index contributed by atoms with van der Waals surface area (Å²) in [7, 11) is 2.17. The summed E-state index contributed by atoms with van der Waals surface area (Å²) in [5.41, 5.74) is 0. The van der Waals surface area contributed by atoms with E-state index < -0.39 is 0 Å². The molecule has 0 aromatic rings. The van der Waals surface area contributed by atoms with Crippen molar-refractivity contribution in [2.24, 2.45) is 0 Å². The summed E-state index contributed by atoms with van der Waals surface area (Å²) in [6.45, 7) is 5.80. The van der Waals surface area contributed by atoms with E-state index in [0.717, 1.165) is 32.6 Å². The van der Waals surface area contributed by atoms with Crippen LogP contribution in [0, 0.1) is 0 Å². The normalized spacial score (nSPS) is 22.7. The predicted molar refractivity (Wildman–Crippen MR) is 61.8 cm³/mol. The van der Waals surface area contributed by atoms with Gasteiger partial charge in [0.15, 0.2) is 0 Å². The number of likely N-dealkylation sites (N-methyl/N-ethyl adjacent to an activating group) is 1. The Bertz CT molecular complexity index is 196. The van der Waals surface area contributed by atoms with Gasteiger partial charge in [0, 0.05) is 39.1 Å². The van der Waals surface area contributed by atoms with Gasteiger partial charge in [0.05, 0.1) is 0 Å².